The quantitative estimate of drug-likeness (QED) is 0.504. The summed E-state index contributed by atoms with van der Waals surface area (Å²) >= 11 is 1.52. The molecule has 3 aliphatic rings. The molecular formula is C26H38F2N6OS. The lowest BCUT2D eigenvalue weighted by atomic mass is 9.86. The highest BCUT2D eigenvalue weighted by atomic mass is 32.1. The van der Waals surface area contributed by atoms with Crippen LogP contribution in [0.3, 0.4) is 0 Å². The summed E-state index contributed by atoms with van der Waals surface area (Å²) < 4.78 is 29.5. The molecule has 1 aliphatic carbocycles. The monoisotopic (exact) mass is 520 g/mol. The van der Waals surface area contributed by atoms with E-state index >= 15 is 0 Å². The van der Waals surface area contributed by atoms with Gasteiger partial charge in [0, 0.05) is 54.7 Å². The predicted octanol–water partition coefficient (Wildman–Crippen LogP) is 5.41. The average molecular weight is 521 g/mol. The number of carbonyl (C=O) groups is 1. The van der Waals surface area contributed by atoms with Crippen molar-refractivity contribution in [3.63, 3.8) is 0 Å². The van der Waals surface area contributed by atoms with Crippen molar-refractivity contribution in [3.05, 3.63) is 28.2 Å². The van der Waals surface area contributed by atoms with Gasteiger partial charge < -0.3 is 9.88 Å². The molecule has 7 nitrogen and oxygen atoms in total. The van der Waals surface area contributed by atoms with Gasteiger partial charge in [-0.3, -0.25) is 9.69 Å². The van der Waals surface area contributed by atoms with Gasteiger partial charge in [0.05, 0.1) is 17.2 Å². The van der Waals surface area contributed by atoms with Crippen LogP contribution in [0.5, 0.6) is 0 Å². The fourth-order valence-corrected chi connectivity index (χ4v) is 7.22. The molecule has 0 radical (unpaired) electrons. The van der Waals surface area contributed by atoms with Crippen LogP contribution in [0.25, 0.3) is 0 Å². The van der Waals surface area contributed by atoms with Crippen LogP contribution < -0.4 is 5.32 Å². The van der Waals surface area contributed by atoms with Crippen molar-refractivity contribution < 1.29 is 13.6 Å². The molecule has 2 aromatic heterocycles. The van der Waals surface area contributed by atoms with Gasteiger partial charge in [0.15, 0.2) is 0 Å². The summed E-state index contributed by atoms with van der Waals surface area (Å²) in [7, 11) is 0. The van der Waals surface area contributed by atoms with Gasteiger partial charge in [-0.1, -0.05) is 13.8 Å². The van der Waals surface area contributed by atoms with E-state index in [1.807, 2.05) is 5.38 Å². The normalized spacial score (nSPS) is 27.4. The summed E-state index contributed by atoms with van der Waals surface area (Å²) in [5.74, 6) is -0.632. The number of nitrogens with zero attached hydrogens (tertiary/aromatic N) is 5. The average Bonchev–Trinajstić information content (AvgIpc) is 3.55. The number of fused-ring (bicyclic) bond motifs is 2. The Kier molecular flexibility index (Phi) is 7.45. The molecule has 2 aromatic rings. The first-order valence-electron chi connectivity index (χ1n) is 13.4. The van der Waals surface area contributed by atoms with Gasteiger partial charge in [-0.15, -0.1) is 21.5 Å². The maximum absolute atomic E-state index is 13.6. The molecule has 1 N–H and O–H groups in total. The zero-order valence-corrected chi connectivity index (χ0v) is 22.3. The number of piperidine rings is 1. The Balaban J connectivity index is 1.22. The van der Waals surface area contributed by atoms with Gasteiger partial charge in [-0.25, -0.2) is 13.8 Å². The van der Waals surface area contributed by atoms with Crippen LogP contribution in [-0.4, -0.2) is 55.1 Å². The van der Waals surface area contributed by atoms with E-state index in [0.717, 1.165) is 43.1 Å². The SMILES string of the molecule is Cc1nnc(C(C)C)n1C1CC2CCC(C1)N2CC[C@H](NC(=O)C1CCC(F)(F)CC1)c1cscn1. The highest BCUT2D eigenvalue weighted by molar-refractivity contribution is 7.07. The summed E-state index contributed by atoms with van der Waals surface area (Å²) in [5, 5.41) is 14.0. The second-order valence-electron chi connectivity index (χ2n) is 11.3. The Labute approximate surface area is 216 Å². The van der Waals surface area contributed by atoms with Crippen LogP contribution in [0.4, 0.5) is 8.78 Å². The summed E-state index contributed by atoms with van der Waals surface area (Å²) in [5.41, 5.74) is 2.66. The minimum Gasteiger partial charge on any atom is -0.347 e. The zero-order chi connectivity index (χ0) is 25.4. The maximum atomic E-state index is 13.6. The van der Waals surface area contributed by atoms with E-state index < -0.39 is 5.92 Å². The fourth-order valence-electron chi connectivity index (χ4n) is 6.61. The predicted molar refractivity (Wildman–Crippen MR) is 135 cm³/mol. The lowest BCUT2D eigenvalue weighted by molar-refractivity contribution is -0.130. The number of carbonyl (C=O) groups excluding carboxylic acids is 1. The molecule has 2 bridgehead atoms. The Bertz CT molecular complexity index is 1020. The molecule has 10 heteroatoms. The number of rotatable bonds is 8. The topological polar surface area (TPSA) is 75.9 Å². The van der Waals surface area contributed by atoms with Crippen LogP contribution in [0, 0.1) is 12.8 Å². The molecule has 4 heterocycles. The number of halogens is 2. The third-order valence-electron chi connectivity index (χ3n) is 8.52. The summed E-state index contributed by atoms with van der Waals surface area (Å²) in [6, 6.07) is 1.28. The number of alkyl halides is 2. The van der Waals surface area contributed by atoms with Crippen molar-refractivity contribution in [2.24, 2.45) is 5.92 Å². The third kappa shape index (κ3) is 5.35. The van der Waals surface area contributed by atoms with Crippen LogP contribution in [0.1, 0.15) is 107 Å². The van der Waals surface area contributed by atoms with E-state index in [4.69, 9.17) is 0 Å². The minimum absolute atomic E-state index is 0.102. The van der Waals surface area contributed by atoms with Crippen LogP contribution in [0.15, 0.2) is 10.9 Å². The van der Waals surface area contributed by atoms with Gasteiger partial charge >= 0.3 is 0 Å². The second kappa shape index (κ2) is 10.4. The summed E-state index contributed by atoms with van der Waals surface area (Å²) in [6.45, 7) is 7.30. The largest absolute Gasteiger partial charge is 0.347 e. The summed E-state index contributed by atoms with van der Waals surface area (Å²) in [6.07, 6.45) is 5.47. The van der Waals surface area contributed by atoms with E-state index in [1.54, 1.807) is 5.51 Å². The van der Waals surface area contributed by atoms with E-state index in [9.17, 15) is 13.6 Å². The Morgan fingerprint density at radius 3 is 2.44 bits per heavy atom. The minimum atomic E-state index is -2.63. The van der Waals surface area contributed by atoms with Crippen molar-refractivity contribution in [1.29, 1.82) is 0 Å². The van der Waals surface area contributed by atoms with Gasteiger partial charge in [-0.2, -0.15) is 0 Å². The third-order valence-corrected chi connectivity index (χ3v) is 9.13. The molecule has 0 aromatic carbocycles. The number of hydrogen-bond donors (Lipinski definition) is 1. The van der Waals surface area contributed by atoms with E-state index in [0.29, 0.717) is 24.0 Å². The first-order valence-corrected chi connectivity index (χ1v) is 14.4. The standard InChI is InChI=1S/C26H38F2N6OS/c1-16(2)24-32-31-17(3)34(24)21-12-19-4-5-20(13-21)33(19)11-8-22(23-14-36-15-29-23)30-25(35)18-6-9-26(27,28)10-7-18/h14-16,18-22H,4-13H2,1-3H3,(H,30,35)/t19?,20?,21?,22-/m0/s1. The van der Waals surface area contributed by atoms with E-state index in [-0.39, 0.29) is 43.6 Å². The number of amides is 1. The number of aromatic nitrogens is 4. The van der Waals surface area contributed by atoms with E-state index in [1.165, 1.54) is 24.2 Å². The van der Waals surface area contributed by atoms with Crippen molar-refractivity contribution in [1.82, 2.24) is 30.0 Å². The molecule has 2 saturated heterocycles. The molecule has 2 aliphatic heterocycles. The molecule has 36 heavy (non-hydrogen) atoms. The number of nitrogens with one attached hydrogen (secondary N) is 1. The fraction of sp³-hybridized carbons (Fsp3) is 0.769. The highest BCUT2D eigenvalue weighted by Crippen LogP contribution is 2.42. The lowest BCUT2D eigenvalue weighted by Crippen LogP contribution is -2.45. The molecule has 3 fully saturated rings. The number of hydrogen-bond acceptors (Lipinski definition) is 6. The highest BCUT2D eigenvalue weighted by Gasteiger charge is 2.43. The molecule has 198 valence electrons. The molecule has 1 amide bonds. The van der Waals surface area contributed by atoms with Crippen molar-refractivity contribution in [3.8, 4) is 0 Å². The van der Waals surface area contributed by atoms with Crippen molar-refractivity contribution >= 4 is 17.2 Å². The summed E-state index contributed by atoms with van der Waals surface area (Å²) in [4.78, 5) is 20.1. The molecule has 5 rings (SSSR count). The first kappa shape index (κ1) is 25.7. The molecule has 2 unspecified atom stereocenters. The van der Waals surface area contributed by atoms with Crippen LogP contribution in [0.2, 0.25) is 0 Å². The van der Waals surface area contributed by atoms with Crippen LogP contribution in [-0.2, 0) is 4.79 Å². The van der Waals surface area contributed by atoms with Gasteiger partial charge in [0.2, 0.25) is 11.8 Å². The van der Waals surface area contributed by atoms with Crippen molar-refractivity contribution in [2.45, 2.75) is 115 Å². The molecule has 0 spiro atoms. The maximum Gasteiger partial charge on any atom is 0.248 e. The van der Waals surface area contributed by atoms with E-state index in [2.05, 4.69) is 50.7 Å². The molecular weight excluding hydrogens is 482 g/mol. The number of aryl methyl sites for hydroxylation is 1. The van der Waals surface area contributed by atoms with Gasteiger partial charge in [0.25, 0.3) is 0 Å². The lowest BCUT2D eigenvalue weighted by Gasteiger charge is -2.40. The van der Waals surface area contributed by atoms with Crippen molar-refractivity contribution in [2.75, 3.05) is 6.54 Å². The van der Waals surface area contributed by atoms with Gasteiger partial charge in [-0.05, 0) is 51.9 Å². The molecule has 3 atom stereocenters. The molecule has 1 saturated carbocycles. The number of thiazole rings is 1. The Morgan fingerprint density at radius 2 is 1.83 bits per heavy atom. The Morgan fingerprint density at radius 1 is 1.14 bits per heavy atom. The van der Waals surface area contributed by atoms with Crippen LogP contribution >= 0.6 is 11.3 Å². The first-order chi connectivity index (χ1) is 17.2. The Hall–Kier alpha value is -1.94. The second-order valence-corrected chi connectivity index (χ2v) is 12.0. The van der Waals surface area contributed by atoms with Gasteiger partial charge in [0.1, 0.15) is 11.6 Å². The zero-order valence-electron chi connectivity index (χ0n) is 21.5. The smallest absolute Gasteiger partial charge is 0.248 e.